The summed E-state index contributed by atoms with van der Waals surface area (Å²) in [6.45, 7) is 2.80. The Morgan fingerprint density at radius 1 is 0.635 bits per heavy atom. The number of hydrogen-bond donors (Lipinski definition) is 8. The third-order valence-corrected chi connectivity index (χ3v) is 10.7. The minimum atomic E-state index is -2.92. The first kappa shape index (κ1) is 51.1. The number of hydrogen-bond acceptors (Lipinski definition) is 9. The Balaban J connectivity index is 2.08. The van der Waals surface area contributed by atoms with Crippen LogP contribution in [0.4, 0.5) is 8.78 Å². The lowest BCUT2D eigenvalue weighted by atomic mass is 9.84. The van der Waals surface area contributed by atoms with Gasteiger partial charge in [-0.3, -0.25) is 38.4 Å². The molecule has 1 saturated carbocycles. The van der Waals surface area contributed by atoms with E-state index >= 15 is 0 Å². The highest BCUT2D eigenvalue weighted by atomic mass is 19.3. The number of rotatable bonds is 26. The van der Waals surface area contributed by atoms with E-state index in [4.69, 9.17) is 0 Å². The van der Waals surface area contributed by atoms with Crippen LogP contribution in [0.15, 0.2) is 60.7 Å². The molecule has 1 aliphatic carbocycles. The third kappa shape index (κ3) is 17.6. The van der Waals surface area contributed by atoms with Crippen LogP contribution >= 0.6 is 0 Å². The minimum Gasteiger partial charge on any atom is -0.481 e. The molecule has 8 N–H and O–H groups in total. The molecule has 2 aromatic rings. The van der Waals surface area contributed by atoms with Gasteiger partial charge in [0, 0.05) is 32.1 Å². The second kappa shape index (κ2) is 26.3. The van der Waals surface area contributed by atoms with E-state index in [1.807, 2.05) is 0 Å². The summed E-state index contributed by atoms with van der Waals surface area (Å²) in [5.74, 6) is -8.98. The van der Waals surface area contributed by atoms with E-state index in [2.05, 4.69) is 31.9 Å². The molecular weight excluding hydrogens is 827 g/mol. The van der Waals surface area contributed by atoms with Crippen LogP contribution in [0, 0.1) is 5.92 Å². The van der Waals surface area contributed by atoms with E-state index in [0.29, 0.717) is 24.0 Å². The fourth-order valence-corrected chi connectivity index (χ4v) is 7.54. The van der Waals surface area contributed by atoms with Gasteiger partial charge in [0.15, 0.2) is 0 Å². The Bertz CT molecular complexity index is 1830. The molecule has 0 aromatic heterocycles. The van der Waals surface area contributed by atoms with Gasteiger partial charge in [-0.25, -0.2) is 8.78 Å². The predicted octanol–water partition coefficient (Wildman–Crippen LogP) is 2.71. The monoisotopic (exact) mass is 884 g/mol. The molecular formula is C44H58F2N6O11. The minimum absolute atomic E-state index is 0.0600. The van der Waals surface area contributed by atoms with Gasteiger partial charge < -0.3 is 46.9 Å². The maximum Gasteiger partial charge on any atom is 0.303 e. The average molecular weight is 885 g/mol. The van der Waals surface area contributed by atoms with Gasteiger partial charge in [-0.1, -0.05) is 99.7 Å². The number of carbonyl (C=O) groups is 9. The molecule has 0 aliphatic heterocycles. The van der Waals surface area contributed by atoms with Crippen LogP contribution in [0.5, 0.6) is 0 Å². The summed E-state index contributed by atoms with van der Waals surface area (Å²) >= 11 is 0. The van der Waals surface area contributed by atoms with Gasteiger partial charge in [-0.15, -0.1) is 0 Å². The molecule has 0 radical (unpaired) electrons. The number of aldehydes is 1. The average Bonchev–Trinajstić information content (AvgIpc) is 3.25. The van der Waals surface area contributed by atoms with E-state index in [0.717, 1.165) is 19.3 Å². The summed E-state index contributed by atoms with van der Waals surface area (Å²) in [7, 11) is 0. The summed E-state index contributed by atoms with van der Waals surface area (Å²) in [4.78, 5) is 117. The van der Waals surface area contributed by atoms with Gasteiger partial charge in [0.2, 0.25) is 41.9 Å². The van der Waals surface area contributed by atoms with Crippen LogP contribution in [0.2, 0.25) is 0 Å². The molecule has 17 nitrogen and oxygen atoms in total. The van der Waals surface area contributed by atoms with Crippen LogP contribution in [-0.2, 0) is 43.2 Å². The zero-order valence-corrected chi connectivity index (χ0v) is 35.4. The molecule has 0 bridgehead atoms. The summed E-state index contributed by atoms with van der Waals surface area (Å²) in [6, 6.07) is 8.01. The van der Waals surface area contributed by atoms with Gasteiger partial charge in [-0.2, -0.15) is 0 Å². The normalized spacial score (nSPS) is 15.7. The molecule has 63 heavy (non-hydrogen) atoms. The number of alkyl halides is 2. The third-order valence-electron chi connectivity index (χ3n) is 10.7. The molecule has 1 aliphatic rings. The summed E-state index contributed by atoms with van der Waals surface area (Å²) in [5, 5.41) is 34.1. The van der Waals surface area contributed by atoms with Crippen molar-refractivity contribution in [1.82, 2.24) is 31.9 Å². The summed E-state index contributed by atoms with van der Waals surface area (Å²) < 4.78 is 26.4. The lowest BCUT2D eigenvalue weighted by molar-refractivity contribution is -0.139. The van der Waals surface area contributed by atoms with Crippen molar-refractivity contribution in [2.45, 2.75) is 139 Å². The zero-order valence-electron chi connectivity index (χ0n) is 35.4. The highest BCUT2D eigenvalue weighted by molar-refractivity contribution is 5.97. The molecule has 3 rings (SSSR count). The topological polar surface area (TPSA) is 266 Å². The van der Waals surface area contributed by atoms with Crippen molar-refractivity contribution >= 4 is 53.7 Å². The number of carboxylic acid groups (broad SMARTS) is 2. The van der Waals surface area contributed by atoms with E-state index in [1.165, 1.54) is 6.92 Å². The highest BCUT2D eigenvalue weighted by Gasteiger charge is 2.38. The molecule has 0 unspecified atom stereocenters. The van der Waals surface area contributed by atoms with Crippen molar-refractivity contribution in [3.8, 4) is 0 Å². The van der Waals surface area contributed by atoms with Crippen molar-refractivity contribution in [2.75, 3.05) is 0 Å². The predicted molar refractivity (Wildman–Crippen MR) is 224 cm³/mol. The summed E-state index contributed by atoms with van der Waals surface area (Å²) in [5.41, 5.74) is 0.993. The molecule has 0 saturated heterocycles. The van der Waals surface area contributed by atoms with E-state index in [-0.39, 0.29) is 25.0 Å². The molecule has 19 heteroatoms. The number of carboxylic acids is 2. The van der Waals surface area contributed by atoms with Gasteiger partial charge in [0.05, 0.1) is 6.04 Å². The lowest BCUT2D eigenvalue weighted by Crippen LogP contribution is -2.60. The van der Waals surface area contributed by atoms with Crippen molar-refractivity contribution in [3.05, 3.63) is 71.8 Å². The SMILES string of the molecule is CC[C@H](NC(C)=O)C(=O)N[C@@H](CCC(=O)O)C(=O)N[C@H](C(=O)N[C@@H](CCC(=O)O)C(=O)N[C@@H](CC1CCCCC1)C(=O)N[C@H](C=O)CC(F)F)C(c1ccccc1)c1ccccc1. The second-order valence-electron chi connectivity index (χ2n) is 15.6. The van der Waals surface area contributed by atoms with Crippen LogP contribution in [0.25, 0.3) is 0 Å². The van der Waals surface area contributed by atoms with Crippen molar-refractivity contribution in [1.29, 1.82) is 0 Å². The number of aliphatic carboxylic acids is 2. The Labute approximate surface area is 364 Å². The Kier molecular flexibility index (Phi) is 21.3. The van der Waals surface area contributed by atoms with Crippen LogP contribution in [0.3, 0.4) is 0 Å². The smallest absolute Gasteiger partial charge is 0.303 e. The highest BCUT2D eigenvalue weighted by Crippen LogP contribution is 2.30. The van der Waals surface area contributed by atoms with E-state index in [9.17, 15) is 62.1 Å². The molecule has 6 amide bonds. The van der Waals surface area contributed by atoms with Gasteiger partial charge >= 0.3 is 11.9 Å². The largest absolute Gasteiger partial charge is 0.481 e. The maximum absolute atomic E-state index is 14.8. The Morgan fingerprint density at radius 3 is 1.56 bits per heavy atom. The number of nitrogens with one attached hydrogen (secondary N) is 6. The first-order valence-corrected chi connectivity index (χ1v) is 21.1. The Hall–Kier alpha value is -6.27. The lowest BCUT2D eigenvalue weighted by Gasteiger charge is -2.32. The first-order chi connectivity index (χ1) is 30.0. The van der Waals surface area contributed by atoms with Gasteiger partial charge in [-0.05, 0) is 42.7 Å². The first-order valence-electron chi connectivity index (χ1n) is 21.1. The van der Waals surface area contributed by atoms with E-state index < -0.39 is 128 Å². The molecule has 6 atom stereocenters. The molecule has 0 heterocycles. The Morgan fingerprint density at radius 2 is 1.10 bits per heavy atom. The standard InChI is InChI=1S/C44H58F2N6O11/c1-3-31(47-26(2)54)40(59)49-33(20-22-37(57)58)42(61)52-39(38(28-15-9-5-10-16-28)29-17-11-6-12-18-29)44(63)50-32(19-21-36(55)56)41(60)51-34(23-27-13-7-4-8-14-27)43(62)48-30(25-53)24-35(45)46/h5-6,9-12,15-18,25,27,30-35,38-39H,3-4,7-8,13-14,19-24H2,1-2H3,(H,47,54)(H,48,62)(H,49,59)(H,50,63)(H,51,60)(H,52,61)(H,55,56)(H,57,58)/t30-,31-,32-,33-,34-,39-/m0/s1. The fourth-order valence-electron chi connectivity index (χ4n) is 7.54. The number of amides is 6. The van der Waals surface area contributed by atoms with Crippen LogP contribution < -0.4 is 31.9 Å². The second-order valence-corrected chi connectivity index (χ2v) is 15.6. The fraction of sp³-hybridized carbons (Fsp3) is 0.523. The number of benzene rings is 2. The summed E-state index contributed by atoms with van der Waals surface area (Å²) in [6.07, 6.45) is -1.68. The van der Waals surface area contributed by atoms with Crippen LogP contribution in [-0.4, -0.2) is 107 Å². The molecule has 0 spiro atoms. The molecule has 1 fully saturated rings. The van der Waals surface area contributed by atoms with Crippen LogP contribution in [0.1, 0.15) is 108 Å². The van der Waals surface area contributed by atoms with Crippen molar-refractivity contribution < 1.29 is 62.1 Å². The zero-order chi connectivity index (χ0) is 46.5. The van der Waals surface area contributed by atoms with Gasteiger partial charge in [0.1, 0.15) is 36.5 Å². The van der Waals surface area contributed by atoms with Crippen molar-refractivity contribution in [3.63, 3.8) is 0 Å². The van der Waals surface area contributed by atoms with Gasteiger partial charge in [0.25, 0.3) is 0 Å². The van der Waals surface area contributed by atoms with Crippen molar-refractivity contribution in [2.24, 2.45) is 5.92 Å². The molecule has 344 valence electrons. The number of halogens is 2. The maximum atomic E-state index is 14.8. The number of carbonyl (C=O) groups excluding carboxylic acids is 7. The quantitative estimate of drug-likeness (QED) is 0.0637. The van der Waals surface area contributed by atoms with E-state index in [1.54, 1.807) is 67.6 Å². The molecule has 2 aromatic carbocycles.